The van der Waals surface area contributed by atoms with Crippen LogP contribution in [0.1, 0.15) is 45.4 Å². The highest BCUT2D eigenvalue weighted by atomic mass is 16.5. The smallest absolute Gasteiger partial charge is 0.303 e. The Morgan fingerprint density at radius 1 is 1.12 bits per heavy atom. The third kappa shape index (κ3) is 12.8. The molecule has 0 aliphatic carbocycles. The maximum absolute atomic E-state index is 11.2. The van der Waals surface area contributed by atoms with Gasteiger partial charge in [0.1, 0.15) is 0 Å². The van der Waals surface area contributed by atoms with E-state index < -0.39 is 5.97 Å². The number of carboxylic acid groups (broad SMARTS) is 1. The zero-order valence-electron chi connectivity index (χ0n) is 10.5. The number of amides is 1. The summed E-state index contributed by atoms with van der Waals surface area (Å²) < 4.78 is 5.34. The monoisotopic (exact) mass is 245 g/mol. The summed E-state index contributed by atoms with van der Waals surface area (Å²) in [6.45, 7) is 4.15. The van der Waals surface area contributed by atoms with E-state index in [9.17, 15) is 9.59 Å². The molecule has 0 aromatic heterocycles. The van der Waals surface area contributed by atoms with E-state index in [1.807, 2.05) is 0 Å². The van der Waals surface area contributed by atoms with Crippen LogP contribution < -0.4 is 5.32 Å². The van der Waals surface area contributed by atoms with Gasteiger partial charge in [-0.2, -0.15) is 0 Å². The highest BCUT2D eigenvalue weighted by molar-refractivity contribution is 5.76. The highest BCUT2D eigenvalue weighted by Gasteiger charge is 2.02. The Morgan fingerprint density at radius 2 is 1.82 bits per heavy atom. The van der Waals surface area contributed by atoms with E-state index in [1.165, 1.54) is 0 Å². The molecule has 0 spiro atoms. The van der Waals surface area contributed by atoms with E-state index in [0.29, 0.717) is 19.6 Å². The van der Waals surface area contributed by atoms with Crippen molar-refractivity contribution in [3.05, 3.63) is 0 Å². The summed E-state index contributed by atoms with van der Waals surface area (Å²) in [5.74, 6) is -0.943. The first-order valence-electron chi connectivity index (χ1n) is 6.23. The number of carbonyl (C=O) groups excluding carboxylic acids is 1. The SMILES string of the molecule is CCCCOCCCNC(=O)CCCC(=O)O. The van der Waals surface area contributed by atoms with Gasteiger partial charge in [0, 0.05) is 32.6 Å². The number of rotatable bonds is 11. The summed E-state index contributed by atoms with van der Waals surface area (Å²) in [7, 11) is 0. The molecule has 0 radical (unpaired) electrons. The maximum Gasteiger partial charge on any atom is 0.303 e. The summed E-state index contributed by atoms with van der Waals surface area (Å²) in [5, 5.41) is 11.1. The van der Waals surface area contributed by atoms with Crippen molar-refractivity contribution in [3.63, 3.8) is 0 Å². The lowest BCUT2D eigenvalue weighted by Gasteiger charge is -2.05. The van der Waals surface area contributed by atoms with E-state index in [1.54, 1.807) is 0 Å². The van der Waals surface area contributed by atoms with Crippen molar-refractivity contribution in [2.45, 2.75) is 45.4 Å². The molecule has 2 N–H and O–H groups in total. The summed E-state index contributed by atoms with van der Waals surface area (Å²) in [6.07, 6.45) is 3.72. The van der Waals surface area contributed by atoms with Gasteiger partial charge >= 0.3 is 5.97 Å². The molecule has 0 bridgehead atoms. The number of aliphatic carboxylic acids is 1. The summed E-state index contributed by atoms with van der Waals surface area (Å²) in [6, 6.07) is 0. The average Bonchev–Trinajstić information content (AvgIpc) is 2.27. The molecule has 0 saturated carbocycles. The zero-order chi connectivity index (χ0) is 12.9. The number of carbonyl (C=O) groups is 2. The number of unbranched alkanes of at least 4 members (excludes halogenated alkanes) is 1. The van der Waals surface area contributed by atoms with Crippen LogP contribution in [-0.4, -0.2) is 36.7 Å². The van der Waals surface area contributed by atoms with Crippen molar-refractivity contribution in [1.29, 1.82) is 0 Å². The van der Waals surface area contributed by atoms with E-state index in [2.05, 4.69) is 12.2 Å². The Bertz CT molecular complexity index is 219. The topological polar surface area (TPSA) is 75.6 Å². The number of carboxylic acids is 1. The molecule has 0 rings (SSSR count). The lowest BCUT2D eigenvalue weighted by atomic mass is 10.2. The molecule has 0 fully saturated rings. The molecule has 0 aromatic rings. The summed E-state index contributed by atoms with van der Waals surface area (Å²) in [5.41, 5.74) is 0. The van der Waals surface area contributed by atoms with Crippen molar-refractivity contribution in [1.82, 2.24) is 5.32 Å². The molecular formula is C12H23NO4. The van der Waals surface area contributed by atoms with Crippen molar-refractivity contribution in [3.8, 4) is 0 Å². The van der Waals surface area contributed by atoms with E-state index in [-0.39, 0.29) is 18.7 Å². The second-order valence-corrected chi connectivity index (χ2v) is 3.92. The number of ether oxygens (including phenoxy) is 1. The van der Waals surface area contributed by atoms with Gasteiger partial charge in [0.15, 0.2) is 0 Å². The van der Waals surface area contributed by atoms with Gasteiger partial charge in [0.05, 0.1) is 0 Å². The van der Waals surface area contributed by atoms with Crippen LogP contribution in [0.4, 0.5) is 0 Å². The Balaban J connectivity index is 3.19. The minimum atomic E-state index is -0.859. The Labute approximate surface area is 103 Å². The molecule has 0 aliphatic rings. The molecule has 100 valence electrons. The van der Waals surface area contributed by atoms with Crippen LogP contribution in [0.5, 0.6) is 0 Å². The number of hydrogen-bond acceptors (Lipinski definition) is 3. The maximum atomic E-state index is 11.2. The first-order valence-corrected chi connectivity index (χ1v) is 6.23. The second-order valence-electron chi connectivity index (χ2n) is 3.92. The normalized spacial score (nSPS) is 10.2. The van der Waals surface area contributed by atoms with Crippen LogP contribution in [0, 0.1) is 0 Å². The third-order valence-corrected chi connectivity index (χ3v) is 2.22. The predicted molar refractivity (Wildman–Crippen MR) is 64.8 cm³/mol. The van der Waals surface area contributed by atoms with Crippen LogP contribution in [-0.2, 0) is 14.3 Å². The summed E-state index contributed by atoms with van der Waals surface area (Å²) >= 11 is 0. The van der Waals surface area contributed by atoms with Crippen LogP contribution in [0.25, 0.3) is 0 Å². The summed E-state index contributed by atoms with van der Waals surface area (Å²) in [4.78, 5) is 21.4. The van der Waals surface area contributed by atoms with Crippen LogP contribution in [0.2, 0.25) is 0 Å². The van der Waals surface area contributed by atoms with E-state index >= 15 is 0 Å². The zero-order valence-corrected chi connectivity index (χ0v) is 10.5. The molecule has 0 saturated heterocycles. The molecule has 5 heteroatoms. The molecule has 1 amide bonds. The quantitative estimate of drug-likeness (QED) is 0.542. The van der Waals surface area contributed by atoms with Crippen molar-refractivity contribution < 1.29 is 19.4 Å². The Morgan fingerprint density at radius 3 is 2.47 bits per heavy atom. The Kier molecular flexibility index (Phi) is 10.7. The molecule has 0 atom stereocenters. The van der Waals surface area contributed by atoms with Gasteiger partial charge in [-0.3, -0.25) is 9.59 Å². The minimum absolute atomic E-state index is 0.0492. The van der Waals surface area contributed by atoms with Crippen LogP contribution >= 0.6 is 0 Å². The third-order valence-electron chi connectivity index (χ3n) is 2.22. The standard InChI is InChI=1S/C12H23NO4/c1-2-3-9-17-10-5-8-13-11(14)6-4-7-12(15)16/h2-10H2,1H3,(H,13,14)(H,15,16). The average molecular weight is 245 g/mol. The molecule has 0 aliphatic heterocycles. The number of hydrogen-bond donors (Lipinski definition) is 2. The fraction of sp³-hybridized carbons (Fsp3) is 0.833. The lowest BCUT2D eigenvalue weighted by molar-refractivity contribution is -0.137. The van der Waals surface area contributed by atoms with Gasteiger partial charge < -0.3 is 15.2 Å². The fourth-order valence-corrected chi connectivity index (χ4v) is 1.24. The largest absolute Gasteiger partial charge is 0.481 e. The molecule has 0 aromatic carbocycles. The van der Waals surface area contributed by atoms with Gasteiger partial charge in [0.25, 0.3) is 0 Å². The van der Waals surface area contributed by atoms with Gasteiger partial charge in [-0.15, -0.1) is 0 Å². The van der Waals surface area contributed by atoms with Crippen molar-refractivity contribution in [2.75, 3.05) is 19.8 Å². The van der Waals surface area contributed by atoms with Crippen LogP contribution in [0.3, 0.4) is 0 Å². The first kappa shape index (κ1) is 15.9. The van der Waals surface area contributed by atoms with Crippen molar-refractivity contribution in [2.24, 2.45) is 0 Å². The minimum Gasteiger partial charge on any atom is -0.481 e. The van der Waals surface area contributed by atoms with Crippen molar-refractivity contribution >= 4 is 11.9 Å². The highest BCUT2D eigenvalue weighted by Crippen LogP contribution is 1.95. The lowest BCUT2D eigenvalue weighted by Crippen LogP contribution is -2.25. The molecule has 5 nitrogen and oxygen atoms in total. The predicted octanol–water partition coefficient (Wildman–Crippen LogP) is 1.56. The Hall–Kier alpha value is -1.10. The molecule has 0 heterocycles. The van der Waals surface area contributed by atoms with Gasteiger partial charge in [0.2, 0.25) is 5.91 Å². The van der Waals surface area contributed by atoms with Gasteiger partial charge in [-0.25, -0.2) is 0 Å². The second kappa shape index (κ2) is 11.4. The number of nitrogens with one attached hydrogen (secondary N) is 1. The van der Waals surface area contributed by atoms with Gasteiger partial charge in [-0.1, -0.05) is 13.3 Å². The van der Waals surface area contributed by atoms with E-state index in [4.69, 9.17) is 9.84 Å². The first-order chi connectivity index (χ1) is 8.16. The molecular weight excluding hydrogens is 222 g/mol. The fourth-order valence-electron chi connectivity index (χ4n) is 1.24. The van der Waals surface area contributed by atoms with Gasteiger partial charge in [-0.05, 0) is 19.3 Å². The molecule has 17 heavy (non-hydrogen) atoms. The molecule has 0 unspecified atom stereocenters. The van der Waals surface area contributed by atoms with Crippen LogP contribution in [0.15, 0.2) is 0 Å². The van der Waals surface area contributed by atoms with E-state index in [0.717, 1.165) is 25.9 Å².